The second-order valence-electron chi connectivity index (χ2n) is 2.48. The first kappa shape index (κ1) is 9.07. The second-order valence-corrected chi connectivity index (χ2v) is 2.48. The van der Waals surface area contributed by atoms with Gasteiger partial charge in [-0.3, -0.25) is 0 Å². The van der Waals surface area contributed by atoms with E-state index in [9.17, 15) is 4.79 Å². The molecular weight excluding hydrogens is 166 g/mol. The fourth-order valence-corrected chi connectivity index (χ4v) is 0.978. The first-order valence-electron chi connectivity index (χ1n) is 3.74. The Morgan fingerprint density at radius 1 is 1.46 bits per heavy atom. The number of primary amides is 1. The number of carbonyl (C=O) groups is 1. The summed E-state index contributed by atoms with van der Waals surface area (Å²) in [5.41, 5.74) is 5.63. The monoisotopic (exact) mass is 175 g/mol. The van der Waals surface area contributed by atoms with Crippen LogP contribution in [-0.4, -0.2) is 6.03 Å². The summed E-state index contributed by atoms with van der Waals surface area (Å²) in [7, 11) is 0. The van der Waals surface area contributed by atoms with Crippen LogP contribution < -0.4 is 11.1 Å². The summed E-state index contributed by atoms with van der Waals surface area (Å²) in [4.78, 5) is 10.5. The molecule has 0 aromatic heterocycles. The molecular formula is C9H9N3O. The van der Waals surface area contributed by atoms with Crippen molar-refractivity contribution in [3.63, 3.8) is 0 Å². The van der Waals surface area contributed by atoms with Gasteiger partial charge in [-0.25, -0.2) is 4.79 Å². The molecule has 3 N–H and O–H groups in total. The van der Waals surface area contributed by atoms with E-state index in [2.05, 4.69) is 5.32 Å². The fraction of sp³-hybridized carbons (Fsp3) is 0.111. The normalized spacial score (nSPS) is 11.3. The summed E-state index contributed by atoms with van der Waals surface area (Å²) in [5.74, 6) is 0. The van der Waals surface area contributed by atoms with Gasteiger partial charge in [0.1, 0.15) is 6.04 Å². The molecule has 13 heavy (non-hydrogen) atoms. The maximum atomic E-state index is 10.5. The minimum absolute atomic E-state index is 0.668. The van der Waals surface area contributed by atoms with Crippen LogP contribution in [0.4, 0.5) is 4.79 Å². The lowest BCUT2D eigenvalue weighted by Crippen LogP contribution is -2.32. The average Bonchev–Trinajstić information content (AvgIpc) is 2.15. The molecule has 0 spiro atoms. The molecule has 4 heteroatoms. The Morgan fingerprint density at radius 3 is 2.54 bits per heavy atom. The van der Waals surface area contributed by atoms with Crippen LogP contribution >= 0.6 is 0 Å². The van der Waals surface area contributed by atoms with Crippen molar-refractivity contribution in [2.75, 3.05) is 0 Å². The average molecular weight is 175 g/mol. The molecule has 0 heterocycles. The van der Waals surface area contributed by atoms with Crippen molar-refractivity contribution in [1.82, 2.24) is 5.32 Å². The standard InChI is InChI=1S/C9H9N3O/c10-6-8(12-9(11)13)7-4-2-1-3-5-7/h1-5,8H,(H3,11,12,13)/t8-/m1/s1. The van der Waals surface area contributed by atoms with Gasteiger partial charge < -0.3 is 11.1 Å². The van der Waals surface area contributed by atoms with E-state index < -0.39 is 12.1 Å². The van der Waals surface area contributed by atoms with Crippen LogP contribution in [0, 0.1) is 11.3 Å². The molecule has 0 bridgehead atoms. The van der Waals surface area contributed by atoms with Gasteiger partial charge in [0, 0.05) is 0 Å². The molecule has 0 aliphatic carbocycles. The van der Waals surface area contributed by atoms with Gasteiger partial charge in [-0.1, -0.05) is 30.3 Å². The number of nitrogens with one attached hydrogen (secondary N) is 1. The van der Waals surface area contributed by atoms with Gasteiger partial charge >= 0.3 is 6.03 Å². The number of rotatable bonds is 2. The van der Waals surface area contributed by atoms with E-state index >= 15 is 0 Å². The number of urea groups is 1. The van der Waals surface area contributed by atoms with E-state index in [0.29, 0.717) is 0 Å². The Labute approximate surface area is 76.0 Å². The third-order valence-corrected chi connectivity index (χ3v) is 1.55. The third kappa shape index (κ3) is 2.49. The first-order valence-corrected chi connectivity index (χ1v) is 3.74. The SMILES string of the molecule is N#C[C@@H](NC(N)=O)c1ccccc1. The summed E-state index contributed by atoms with van der Waals surface area (Å²) in [6.07, 6.45) is 0. The highest BCUT2D eigenvalue weighted by Crippen LogP contribution is 2.10. The van der Waals surface area contributed by atoms with Crippen molar-refractivity contribution >= 4 is 6.03 Å². The minimum Gasteiger partial charge on any atom is -0.352 e. The van der Waals surface area contributed by atoms with Crippen LogP contribution in [0.3, 0.4) is 0 Å². The molecule has 0 aliphatic heterocycles. The van der Waals surface area contributed by atoms with Crippen LogP contribution in [0.25, 0.3) is 0 Å². The van der Waals surface area contributed by atoms with E-state index in [0.717, 1.165) is 5.56 Å². The van der Waals surface area contributed by atoms with Crippen LogP contribution in [0.15, 0.2) is 30.3 Å². The molecule has 1 aromatic carbocycles. The van der Waals surface area contributed by atoms with Crippen molar-refractivity contribution in [3.8, 4) is 6.07 Å². The Morgan fingerprint density at radius 2 is 2.08 bits per heavy atom. The third-order valence-electron chi connectivity index (χ3n) is 1.55. The van der Waals surface area contributed by atoms with Crippen LogP contribution in [0.2, 0.25) is 0 Å². The number of benzene rings is 1. The van der Waals surface area contributed by atoms with Crippen LogP contribution in [-0.2, 0) is 0 Å². The lowest BCUT2D eigenvalue weighted by molar-refractivity contribution is 0.247. The number of nitrogens with zero attached hydrogens (tertiary/aromatic N) is 1. The van der Waals surface area contributed by atoms with Gasteiger partial charge in [0.25, 0.3) is 0 Å². The van der Waals surface area contributed by atoms with E-state index in [1.165, 1.54) is 0 Å². The van der Waals surface area contributed by atoms with Gasteiger partial charge in [0.05, 0.1) is 6.07 Å². The van der Waals surface area contributed by atoms with Gasteiger partial charge in [-0.2, -0.15) is 5.26 Å². The fourth-order valence-electron chi connectivity index (χ4n) is 0.978. The van der Waals surface area contributed by atoms with Gasteiger partial charge in [-0.05, 0) is 5.56 Å². The lowest BCUT2D eigenvalue weighted by Gasteiger charge is -2.08. The predicted molar refractivity (Wildman–Crippen MR) is 47.5 cm³/mol. The smallest absolute Gasteiger partial charge is 0.313 e. The molecule has 1 atom stereocenters. The van der Waals surface area contributed by atoms with E-state index in [1.807, 2.05) is 12.1 Å². The summed E-state index contributed by atoms with van der Waals surface area (Å²) >= 11 is 0. The van der Waals surface area contributed by atoms with E-state index in [1.54, 1.807) is 24.3 Å². The van der Waals surface area contributed by atoms with Crippen molar-refractivity contribution in [3.05, 3.63) is 35.9 Å². The van der Waals surface area contributed by atoms with Gasteiger partial charge in [0.15, 0.2) is 0 Å². The topological polar surface area (TPSA) is 78.9 Å². The van der Waals surface area contributed by atoms with Gasteiger partial charge in [0.2, 0.25) is 0 Å². The number of hydrogen-bond acceptors (Lipinski definition) is 2. The Hall–Kier alpha value is -2.02. The quantitative estimate of drug-likeness (QED) is 0.700. The lowest BCUT2D eigenvalue weighted by atomic mass is 10.1. The number of nitriles is 1. The van der Waals surface area contributed by atoms with Crippen LogP contribution in [0.5, 0.6) is 0 Å². The zero-order valence-electron chi connectivity index (χ0n) is 6.90. The van der Waals surface area contributed by atoms with Crippen LogP contribution in [0.1, 0.15) is 11.6 Å². The summed E-state index contributed by atoms with van der Waals surface area (Å²) in [6.45, 7) is 0. The molecule has 1 aromatic rings. The highest BCUT2D eigenvalue weighted by molar-refractivity contribution is 5.72. The molecule has 4 nitrogen and oxygen atoms in total. The molecule has 0 saturated heterocycles. The molecule has 66 valence electrons. The van der Waals surface area contributed by atoms with Crippen molar-refractivity contribution in [1.29, 1.82) is 5.26 Å². The summed E-state index contributed by atoms with van der Waals surface area (Å²) in [6, 6.07) is 9.50. The van der Waals surface area contributed by atoms with Crippen molar-refractivity contribution in [2.24, 2.45) is 5.73 Å². The number of amides is 2. The maximum Gasteiger partial charge on any atom is 0.313 e. The largest absolute Gasteiger partial charge is 0.352 e. The molecule has 1 rings (SSSR count). The van der Waals surface area contributed by atoms with E-state index in [4.69, 9.17) is 11.0 Å². The molecule has 0 saturated carbocycles. The zero-order chi connectivity index (χ0) is 9.68. The van der Waals surface area contributed by atoms with E-state index in [-0.39, 0.29) is 0 Å². The van der Waals surface area contributed by atoms with Crippen molar-refractivity contribution < 1.29 is 4.79 Å². The molecule has 0 radical (unpaired) electrons. The maximum absolute atomic E-state index is 10.5. The Balaban J connectivity index is 2.80. The summed E-state index contributed by atoms with van der Waals surface area (Å²) < 4.78 is 0. The number of carbonyl (C=O) groups excluding carboxylic acids is 1. The molecule has 0 unspecified atom stereocenters. The second kappa shape index (κ2) is 4.12. The van der Waals surface area contributed by atoms with Crippen molar-refractivity contribution in [2.45, 2.75) is 6.04 Å². The highest BCUT2D eigenvalue weighted by atomic mass is 16.2. The number of hydrogen-bond donors (Lipinski definition) is 2. The molecule has 0 aliphatic rings. The first-order chi connectivity index (χ1) is 6.24. The Bertz CT molecular complexity index is 328. The zero-order valence-corrected chi connectivity index (χ0v) is 6.90. The van der Waals surface area contributed by atoms with Gasteiger partial charge in [-0.15, -0.1) is 0 Å². The Kier molecular flexibility index (Phi) is 2.87. The summed E-state index contributed by atoms with van der Waals surface area (Å²) in [5, 5.41) is 11.0. The molecule has 0 fully saturated rings. The highest BCUT2D eigenvalue weighted by Gasteiger charge is 2.10. The minimum atomic E-state index is -0.699. The molecule has 2 amide bonds. The predicted octanol–water partition coefficient (Wildman–Crippen LogP) is 0.920. The number of nitrogens with two attached hydrogens (primary N) is 1.